The highest BCUT2D eigenvalue weighted by molar-refractivity contribution is 5.97. The van der Waals surface area contributed by atoms with Gasteiger partial charge in [-0.2, -0.15) is 5.10 Å². The Morgan fingerprint density at radius 2 is 1.76 bits per heavy atom. The first kappa shape index (κ1) is 19.7. The summed E-state index contributed by atoms with van der Waals surface area (Å²) in [7, 11) is 0. The number of ether oxygens (including phenoxy) is 1. The highest BCUT2D eigenvalue weighted by Gasteiger charge is 2.46. The fourth-order valence-electron chi connectivity index (χ4n) is 4.54. The van der Waals surface area contributed by atoms with Crippen LogP contribution in [-0.2, 0) is 16.9 Å². The third-order valence-electron chi connectivity index (χ3n) is 6.07. The summed E-state index contributed by atoms with van der Waals surface area (Å²) in [5.41, 5.74) is 1.50. The lowest BCUT2D eigenvalue weighted by Gasteiger charge is -2.37. The lowest BCUT2D eigenvalue weighted by Crippen LogP contribution is -2.48. The van der Waals surface area contributed by atoms with Gasteiger partial charge in [0, 0.05) is 24.2 Å². The molecule has 3 heterocycles. The smallest absolute Gasteiger partial charge is 0.410 e. The van der Waals surface area contributed by atoms with Gasteiger partial charge in [0.1, 0.15) is 6.61 Å². The number of rotatable bonds is 4. The van der Waals surface area contributed by atoms with Crippen molar-refractivity contribution in [1.82, 2.24) is 14.7 Å². The van der Waals surface area contributed by atoms with E-state index in [1.165, 1.54) is 0 Å². The second-order valence-corrected chi connectivity index (χ2v) is 9.21. The molecule has 1 aromatic heterocycles. The number of ketones is 1. The third-order valence-corrected chi connectivity index (χ3v) is 6.07. The van der Waals surface area contributed by atoms with E-state index < -0.39 is 0 Å². The number of fused-ring (bicyclic) bond motifs is 2. The van der Waals surface area contributed by atoms with Crippen LogP contribution in [0.5, 0.6) is 0 Å². The third kappa shape index (κ3) is 4.07. The first-order valence-corrected chi connectivity index (χ1v) is 10.4. The summed E-state index contributed by atoms with van der Waals surface area (Å²) >= 11 is 0. The summed E-state index contributed by atoms with van der Waals surface area (Å²) in [6.45, 7) is 6.47. The van der Waals surface area contributed by atoms with Gasteiger partial charge in [-0.05, 0) is 52.0 Å². The zero-order chi connectivity index (χ0) is 20.6. The Balaban J connectivity index is 1.39. The molecule has 2 fully saturated rings. The molecular weight excluding hydrogens is 366 g/mol. The lowest BCUT2D eigenvalue weighted by molar-refractivity contribution is 0.0485. The molecule has 0 radical (unpaired) electrons. The normalized spacial score (nSPS) is 23.8. The Morgan fingerprint density at radius 1 is 1.10 bits per heavy atom. The maximum Gasteiger partial charge on any atom is 0.410 e. The molecule has 2 aliphatic rings. The first-order chi connectivity index (χ1) is 13.8. The quantitative estimate of drug-likeness (QED) is 0.720. The first-order valence-electron chi connectivity index (χ1n) is 10.4. The molecule has 0 spiro atoms. The van der Waals surface area contributed by atoms with Gasteiger partial charge in [0.05, 0.1) is 17.3 Å². The Kier molecular flexibility index (Phi) is 5.19. The fraction of sp³-hybridized carbons (Fsp3) is 0.522. The molecule has 6 heteroatoms. The van der Waals surface area contributed by atoms with E-state index in [-0.39, 0.29) is 42.0 Å². The number of piperidine rings is 1. The minimum absolute atomic E-state index is 0.0525. The maximum atomic E-state index is 13.1. The predicted octanol–water partition coefficient (Wildman–Crippen LogP) is 4.40. The molecule has 1 amide bonds. The molecule has 4 rings (SSSR count). The van der Waals surface area contributed by atoms with Crippen LogP contribution >= 0.6 is 0 Å². The number of hydrogen-bond donors (Lipinski definition) is 0. The van der Waals surface area contributed by atoms with Crippen LogP contribution in [0.25, 0.3) is 0 Å². The van der Waals surface area contributed by atoms with E-state index in [4.69, 9.17) is 4.74 Å². The summed E-state index contributed by atoms with van der Waals surface area (Å²) in [6.07, 6.45) is 6.56. The number of Topliss-reactive ketones (excluding diaryl/α,β-unsaturated/α-hetero) is 1. The second kappa shape index (κ2) is 7.65. The molecule has 0 saturated carbocycles. The van der Waals surface area contributed by atoms with Crippen molar-refractivity contribution in [2.75, 3.05) is 0 Å². The van der Waals surface area contributed by atoms with E-state index in [9.17, 15) is 9.59 Å². The molecule has 0 N–H and O–H groups in total. The Morgan fingerprint density at radius 3 is 2.34 bits per heavy atom. The largest absolute Gasteiger partial charge is 0.445 e. The topological polar surface area (TPSA) is 64.4 Å². The van der Waals surface area contributed by atoms with Crippen molar-refractivity contribution in [1.29, 1.82) is 0 Å². The van der Waals surface area contributed by atoms with Crippen LogP contribution in [0.1, 0.15) is 62.4 Å². The van der Waals surface area contributed by atoms with Crippen molar-refractivity contribution in [3.8, 4) is 0 Å². The Bertz CT molecular complexity index is 870. The van der Waals surface area contributed by atoms with Crippen molar-refractivity contribution in [2.24, 2.45) is 5.92 Å². The van der Waals surface area contributed by atoms with E-state index in [1.54, 1.807) is 6.20 Å². The van der Waals surface area contributed by atoms with E-state index in [2.05, 4.69) is 25.9 Å². The summed E-state index contributed by atoms with van der Waals surface area (Å²) in [5, 5.41) is 4.36. The van der Waals surface area contributed by atoms with Gasteiger partial charge in [0.25, 0.3) is 0 Å². The lowest BCUT2D eigenvalue weighted by atomic mass is 9.85. The van der Waals surface area contributed by atoms with Crippen LogP contribution in [0.2, 0.25) is 0 Å². The molecule has 0 aliphatic carbocycles. The molecule has 154 valence electrons. The van der Waals surface area contributed by atoms with Crippen LogP contribution in [-0.4, -0.2) is 38.6 Å². The van der Waals surface area contributed by atoms with Gasteiger partial charge in [-0.15, -0.1) is 0 Å². The number of carbonyl (C=O) groups is 2. The monoisotopic (exact) mass is 395 g/mol. The Labute approximate surface area is 171 Å². The van der Waals surface area contributed by atoms with E-state index in [0.29, 0.717) is 18.4 Å². The predicted molar refractivity (Wildman–Crippen MR) is 110 cm³/mol. The number of hydrogen-bond acceptors (Lipinski definition) is 4. The zero-order valence-corrected chi connectivity index (χ0v) is 17.4. The SMILES string of the molecule is CC(C)(C)n1cc(C(=O)C2CC3CCC(C2)N3C(=O)OCc2ccccc2)cn1. The molecule has 2 aliphatic heterocycles. The van der Waals surface area contributed by atoms with Gasteiger partial charge >= 0.3 is 6.09 Å². The van der Waals surface area contributed by atoms with Gasteiger partial charge in [0.15, 0.2) is 5.78 Å². The van der Waals surface area contributed by atoms with Crippen molar-refractivity contribution in [3.63, 3.8) is 0 Å². The molecule has 2 bridgehead atoms. The minimum Gasteiger partial charge on any atom is -0.445 e. The second-order valence-electron chi connectivity index (χ2n) is 9.21. The van der Waals surface area contributed by atoms with Crippen LogP contribution in [0.15, 0.2) is 42.7 Å². The molecule has 6 nitrogen and oxygen atoms in total. The van der Waals surface area contributed by atoms with Crippen molar-refractivity contribution in [2.45, 2.75) is 70.7 Å². The number of nitrogens with zero attached hydrogens (tertiary/aromatic N) is 3. The maximum absolute atomic E-state index is 13.1. The van der Waals surface area contributed by atoms with Crippen molar-refractivity contribution in [3.05, 3.63) is 53.9 Å². The molecule has 2 unspecified atom stereocenters. The van der Waals surface area contributed by atoms with E-state index in [1.807, 2.05) is 46.1 Å². The highest BCUT2D eigenvalue weighted by atomic mass is 16.6. The van der Waals surface area contributed by atoms with Crippen molar-refractivity contribution >= 4 is 11.9 Å². The molecule has 29 heavy (non-hydrogen) atoms. The van der Waals surface area contributed by atoms with Crippen LogP contribution < -0.4 is 0 Å². The van der Waals surface area contributed by atoms with Gasteiger partial charge < -0.3 is 9.64 Å². The number of benzene rings is 1. The van der Waals surface area contributed by atoms with Crippen molar-refractivity contribution < 1.29 is 14.3 Å². The summed E-state index contributed by atoms with van der Waals surface area (Å²) < 4.78 is 7.40. The number of aromatic nitrogens is 2. The van der Waals surface area contributed by atoms with Gasteiger partial charge in [0.2, 0.25) is 0 Å². The van der Waals surface area contributed by atoms with Crippen LogP contribution in [0.3, 0.4) is 0 Å². The molecule has 2 saturated heterocycles. The average molecular weight is 396 g/mol. The summed E-state index contributed by atoms with van der Waals surface area (Å²) in [5.74, 6) is 0.0954. The van der Waals surface area contributed by atoms with Gasteiger partial charge in [-0.25, -0.2) is 4.79 Å². The molecular formula is C23H29N3O3. The molecule has 1 aromatic carbocycles. The summed E-state index contributed by atoms with van der Waals surface area (Å²) in [6, 6.07) is 9.89. The summed E-state index contributed by atoms with van der Waals surface area (Å²) in [4.78, 5) is 27.6. The van der Waals surface area contributed by atoms with Gasteiger partial charge in [-0.3, -0.25) is 9.48 Å². The molecule has 2 aromatic rings. The van der Waals surface area contributed by atoms with E-state index in [0.717, 1.165) is 18.4 Å². The average Bonchev–Trinajstić information content (AvgIpc) is 3.29. The van der Waals surface area contributed by atoms with Crippen LogP contribution in [0.4, 0.5) is 4.79 Å². The highest BCUT2D eigenvalue weighted by Crippen LogP contribution is 2.40. The molecule has 2 atom stereocenters. The van der Waals surface area contributed by atoms with E-state index >= 15 is 0 Å². The number of carbonyl (C=O) groups excluding carboxylic acids is 2. The van der Waals surface area contributed by atoms with Crippen LogP contribution in [0, 0.1) is 5.92 Å². The Hall–Kier alpha value is -2.63. The minimum atomic E-state index is -0.257. The number of amides is 1. The van der Waals surface area contributed by atoms with Gasteiger partial charge in [-0.1, -0.05) is 30.3 Å². The zero-order valence-electron chi connectivity index (χ0n) is 17.4. The fourth-order valence-corrected chi connectivity index (χ4v) is 4.54. The standard InChI is InChI=1S/C23H29N3O3/c1-23(2,3)25-14-18(13-24-25)21(27)17-11-19-9-10-20(12-17)26(19)22(28)29-15-16-7-5-4-6-8-16/h4-8,13-14,17,19-20H,9-12,15H2,1-3H3.